The summed E-state index contributed by atoms with van der Waals surface area (Å²) < 4.78 is 5.53. The molecule has 0 aromatic rings. The van der Waals surface area contributed by atoms with Crippen LogP contribution in [0, 0.1) is 11.8 Å². The van der Waals surface area contributed by atoms with E-state index in [1.807, 2.05) is 0 Å². The number of carboxylic acids is 1. The molecule has 5 unspecified atom stereocenters. The fraction of sp³-hybridized carbons (Fsp3) is 0.923. The molecule has 102 valence electrons. The van der Waals surface area contributed by atoms with Gasteiger partial charge in [0.15, 0.2) is 6.10 Å². The molecule has 2 aliphatic heterocycles. The second-order valence-corrected chi connectivity index (χ2v) is 5.95. The number of aliphatic hydroxyl groups is 1. The minimum absolute atomic E-state index is 0.0575. The molecule has 0 spiro atoms. The van der Waals surface area contributed by atoms with E-state index in [4.69, 9.17) is 9.84 Å². The molecule has 5 nitrogen and oxygen atoms in total. The number of hydrogen-bond donors (Lipinski definition) is 2. The third-order valence-corrected chi connectivity index (χ3v) is 4.74. The summed E-state index contributed by atoms with van der Waals surface area (Å²) in [6.07, 6.45) is 2.87. The van der Waals surface area contributed by atoms with Gasteiger partial charge in [0.05, 0.1) is 12.2 Å². The Kier molecular flexibility index (Phi) is 3.30. The van der Waals surface area contributed by atoms with Crippen molar-refractivity contribution >= 4 is 5.97 Å². The maximum Gasteiger partial charge on any atom is 0.332 e. The predicted octanol–water partition coefficient (Wildman–Crippen LogP) is 0.321. The van der Waals surface area contributed by atoms with E-state index in [0.29, 0.717) is 18.3 Å². The number of hydrogen-bond acceptors (Lipinski definition) is 4. The van der Waals surface area contributed by atoms with Gasteiger partial charge in [0.25, 0.3) is 0 Å². The van der Waals surface area contributed by atoms with Crippen molar-refractivity contribution in [1.29, 1.82) is 0 Å². The zero-order valence-electron chi connectivity index (χ0n) is 10.5. The van der Waals surface area contributed by atoms with Crippen molar-refractivity contribution in [2.45, 2.75) is 44.0 Å². The van der Waals surface area contributed by atoms with E-state index in [9.17, 15) is 9.90 Å². The van der Waals surface area contributed by atoms with E-state index in [1.54, 1.807) is 0 Å². The van der Waals surface area contributed by atoms with Crippen LogP contribution in [-0.4, -0.2) is 59.0 Å². The second-order valence-electron chi connectivity index (χ2n) is 5.95. The maximum atomic E-state index is 10.8. The van der Waals surface area contributed by atoms with Gasteiger partial charge in [-0.05, 0) is 31.6 Å². The quantitative estimate of drug-likeness (QED) is 0.760. The first-order valence-corrected chi connectivity index (χ1v) is 6.92. The van der Waals surface area contributed by atoms with Gasteiger partial charge in [-0.3, -0.25) is 0 Å². The lowest BCUT2D eigenvalue weighted by atomic mass is 10.00. The van der Waals surface area contributed by atoms with Gasteiger partial charge in [0.1, 0.15) is 0 Å². The molecule has 0 bridgehead atoms. The fourth-order valence-electron chi connectivity index (χ4n) is 3.79. The van der Waals surface area contributed by atoms with Crippen molar-refractivity contribution in [1.82, 2.24) is 4.90 Å². The molecule has 2 saturated heterocycles. The first-order chi connectivity index (χ1) is 8.63. The SMILES string of the molecule is O=C(O)C1CCC(CN2CC3CCC(O)C3C2)O1. The highest BCUT2D eigenvalue weighted by Crippen LogP contribution is 2.38. The summed E-state index contributed by atoms with van der Waals surface area (Å²) in [5.74, 6) is 0.226. The highest BCUT2D eigenvalue weighted by atomic mass is 16.5. The van der Waals surface area contributed by atoms with Gasteiger partial charge in [-0.15, -0.1) is 0 Å². The summed E-state index contributed by atoms with van der Waals surface area (Å²) in [4.78, 5) is 13.2. The van der Waals surface area contributed by atoms with Crippen molar-refractivity contribution in [3.8, 4) is 0 Å². The lowest BCUT2D eigenvalue weighted by Gasteiger charge is -2.21. The van der Waals surface area contributed by atoms with Crippen molar-refractivity contribution in [3.63, 3.8) is 0 Å². The summed E-state index contributed by atoms with van der Waals surface area (Å²) in [5, 5.41) is 18.7. The van der Waals surface area contributed by atoms with E-state index >= 15 is 0 Å². The summed E-state index contributed by atoms with van der Waals surface area (Å²) in [6, 6.07) is 0. The average molecular weight is 255 g/mol. The largest absolute Gasteiger partial charge is 0.479 e. The van der Waals surface area contributed by atoms with Crippen LogP contribution in [0.4, 0.5) is 0 Å². The van der Waals surface area contributed by atoms with Crippen LogP contribution in [0.3, 0.4) is 0 Å². The summed E-state index contributed by atoms with van der Waals surface area (Å²) in [7, 11) is 0. The van der Waals surface area contributed by atoms with Crippen LogP contribution in [0.5, 0.6) is 0 Å². The lowest BCUT2D eigenvalue weighted by Crippen LogP contribution is -2.33. The minimum atomic E-state index is -0.841. The number of ether oxygens (including phenoxy) is 1. The molecule has 1 saturated carbocycles. The van der Waals surface area contributed by atoms with Gasteiger partial charge in [-0.1, -0.05) is 0 Å². The summed E-state index contributed by atoms with van der Waals surface area (Å²) in [6.45, 7) is 2.81. The number of carboxylic acid groups (broad SMARTS) is 1. The summed E-state index contributed by atoms with van der Waals surface area (Å²) in [5.41, 5.74) is 0. The Labute approximate surface area is 107 Å². The molecule has 0 radical (unpaired) electrons. The average Bonchev–Trinajstić information content (AvgIpc) is 2.98. The number of fused-ring (bicyclic) bond motifs is 1. The van der Waals surface area contributed by atoms with Gasteiger partial charge in [-0.25, -0.2) is 4.79 Å². The molecule has 18 heavy (non-hydrogen) atoms. The normalized spacial score (nSPS) is 44.4. The molecule has 0 amide bonds. The zero-order valence-corrected chi connectivity index (χ0v) is 10.5. The Balaban J connectivity index is 1.49. The van der Waals surface area contributed by atoms with Crippen LogP contribution in [0.1, 0.15) is 25.7 Å². The Morgan fingerprint density at radius 1 is 1.22 bits per heavy atom. The van der Waals surface area contributed by atoms with Gasteiger partial charge < -0.3 is 19.8 Å². The topological polar surface area (TPSA) is 70.0 Å². The van der Waals surface area contributed by atoms with Gasteiger partial charge in [0, 0.05) is 25.6 Å². The molecule has 3 fully saturated rings. The first-order valence-electron chi connectivity index (χ1n) is 6.92. The van der Waals surface area contributed by atoms with Crippen molar-refractivity contribution in [3.05, 3.63) is 0 Å². The molecule has 1 aliphatic carbocycles. The highest BCUT2D eigenvalue weighted by Gasteiger charge is 2.43. The summed E-state index contributed by atoms with van der Waals surface area (Å²) >= 11 is 0. The van der Waals surface area contributed by atoms with E-state index in [-0.39, 0.29) is 12.2 Å². The number of likely N-dealkylation sites (tertiary alicyclic amines) is 1. The standard InChI is InChI=1S/C13H21NO4/c15-11-3-1-8-5-14(7-10(8)11)6-9-2-4-12(18-9)13(16)17/h8-12,15H,1-7H2,(H,16,17). The van der Waals surface area contributed by atoms with Gasteiger partial charge >= 0.3 is 5.97 Å². The van der Waals surface area contributed by atoms with Crippen LogP contribution in [0.25, 0.3) is 0 Å². The number of rotatable bonds is 3. The molecule has 2 N–H and O–H groups in total. The minimum Gasteiger partial charge on any atom is -0.479 e. The molecule has 5 heteroatoms. The van der Waals surface area contributed by atoms with Gasteiger partial charge in [-0.2, -0.15) is 0 Å². The maximum absolute atomic E-state index is 10.8. The predicted molar refractivity (Wildman–Crippen MR) is 64.2 cm³/mol. The Morgan fingerprint density at radius 3 is 2.72 bits per heavy atom. The smallest absolute Gasteiger partial charge is 0.332 e. The molecule has 0 aromatic carbocycles. The molecule has 3 rings (SSSR count). The Morgan fingerprint density at radius 2 is 2.06 bits per heavy atom. The number of nitrogens with zero attached hydrogens (tertiary/aromatic N) is 1. The molecule has 0 aromatic heterocycles. The lowest BCUT2D eigenvalue weighted by molar-refractivity contribution is -0.149. The molecule has 3 aliphatic rings. The molecule has 2 heterocycles. The number of carbonyl (C=O) groups is 1. The molecular formula is C13H21NO4. The van der Waals surface area contributed by atoms with E-state index < -0.39 is 12.1 Å². The monoisotopic (exact) mass is 255 g/mol. The fourth-order valence-corrected chi connectivity index (χ4v) is 3.79. The van der Waals surface area contributed by atoms with Crippen molar-refractivity contribution in [2.24, 2.45) is 11.8 Å². The van der Waals surface area contributed by atoms with E-state index in [0.717, 1.165) is 38.9 Å². The van der Waals surface area contributed by atoms with Crippen LogP contribution in [0.15, 0.2) is 0 Å². The van der Waals surface area contributed by atoms with Crippen LogP contribution < -0.4 is 0 Å². The Bertz CT molecular complexity index is 335. The van der Waals surface area contributed by atoms with Crippen molar-refractivity contribution < 1.29 is 19.7 Å². The highest BCUT2D eigenvalue weighted by molar-refractivity contribution is 5.72. The molecular weight excluding hydrogens is 234 g/mol. The Hall–Kier alpha value is -0.650. The number of aliphatic carboxylic acids is 1. The van der Waals surface area contributed by atoms with Crippen LogP contribution in [0.2, 0.25) is 0 Å². The third kappa shape index (κ3) is 2.27. The first kappa shape index (κ1) is 12.4. The van der Waals surface area contributed by atoms with E-state index in [1.165, 1.54) is 0 Å². The zero-order chi connectivity index (χ0) is 12.7. The second kappa shape index (κ2) is 4.79. The van der Waals surface area contributed by atoms with Gasteiger partial charge in [0.2, 0.25) is 0 Å². The molecule has 5 atom stereocenters. The van der Waals surface area contributed by atoms with Crippen LogP contribution in [-0.2, 0) is 9.53 Å². The van der Waals surface area contributed by atoms with Crippen molar-refractivity contribution in [2.75, 3.05) is 19.6 Å². The third-order valence-electron chi connectivity index (χ3n) is 4.74. The van der Waals surface area contributed by atoms with Crippen LogP contribution >= 0.6 is 0 Å². The van der Waals surface area contributed by atoms with E-state index in [2.05, 4.69) is 4.90 Å². The number of aliphatic hydroxyl groups excluding tert-OH is 1.